The van der Waals surface area contributed by atoms with Crippen LogP contribution in [0.3, 0.4) is 0 Å². The third-order valence-corrected chi connectivity index (χ3v) is 2.88. The van der Waals surface area contributed by atoms with Crippen LogP contribution in [-0.4, -0.2) is 14.9 Å². The van der Waals surface area contributed by atoms with Crippen molar-refractivity contribution in [2.24, 2.45) is 7.05 Å². The van der Waals surface area contributed by atoms with Crippen molar-refractivity contribution >= 4 is 5.82 Å². The summed E-state index contributed by atoms with van der Waals surface area (Å²) in [5, 5.41) is 14.5. The zero-order valence-corrected chi connectivity index (χ0v) is 10.3. The molecule has 1 aromatic heterocycles. The molecule has 3 N–H and O–H groups in total. The molecule has 0 unspecified atom stereocenters. The molecule has 0 aliphatic heterocycles. The topological polar surface area (TPSA) is 64.1 Å². The van der Waals surface area contributed by atoms with E-state index in [-0.39, 0.29) is 5.92 Å². The van der Waals surface area contributed by atoms with Gasteiger partial charge in [-0.25, -0.2) is 0 Å². The Kier molecular flexibility index (Phi) is 2.79. The lowest BCUT2D eigenvalue weighted by atomic mass is 9.98. The molecule has 0 bridgehead atoms. The van der Waals surface area contributed by atoms with Crippen molar-refractivity contribution in [3.05, 3.63) is 29.8 Å². The quantitative estimate of drug-likeness (QED) is 0.834. The van der Waals surface area contributed by atoms with Crippen LogP contribution in [0.5, 0.6) is 5.75 Å². The fourth-order valence-electron chi connectivity index (χ4n) is 1.85. The number of anilines is 1. The summed E-state index contributed by atoms with van der Waals surface area (Å²) in [6, 6.07) is 7.47. The van der Waals surface area contributed by atoms with Gasteiger partial charge >= 0.3 is 0 Å². The molecule has 0 aliphatic rings. The Morgan fingerprint density at radius 1 is 1.35 bits per heavy atom. The van der Waals surface area contributed by atoms with Crippen molar-refractivity contribution < 1.29 is 5.11 Å². The predicted molar refractivity (Wildman–Crippen MR) is 68.8 cm³/mol. The minimum absolute atomic E-state index is 0.274. The largest absolute Gasteiger partial charge is 0.507 e. The molecule has 4 nitrogen and oxygen atoms in total. The van der Waals surface area contributed by atoms with E-state index in [2.05, 4.69) is 5.10 Å². The minimum atomic E-state index is 0.274. The van der Waals surface area contributed by atoms with Gasteiger partial charge in [-0.1, -0.05) is 26.0 Å². The van der Waals surface area contributed by atoms with Crippen LogP contribution < -0.4 is 5.73 Å². The van der Waals surface area contributed by atoms with Gasteiger partial charge in [0.1, 0.15) is 11.6 Å². The fraction of sp³-hybridized carbons (Fsp3) is 0.308. The monoisotopic (exact) mass is 231 g/mol. The van der Waals surface area contributed by atoms with Gasteiger partial charge in [0.05, 0.1) is 5.69 Å². The van der Waals surface area contributed by atoms with Crippen LogP contribution in [0.1, 0.15) is 25.3 Å². The van der Waals surface area contributed by atoms with Crippen molar-refractivity contribution in [3.63, 3.8) is 0 Å². The predicted octanol–water partition coefficient (Wildman–Crippen LogP) is 2.50. The molecule has 0 radical (unpaired) electrons. The van der Waals surface area contributed by atoms with Crippen molar-refractivity contribution in [2.45, 2.75) is 19.8 Å². The molecule has 0 spiro atoms. The maximum atomic E-state index is 10.2. The standard InChI is InChI=1S/C13H17N3O/c1-8(2)9-5-4-6-10(13(9)17)11-7-12(14)16(3)15-11/h4-8,17H,14H2,1-3H3. The zero-order valence-electron chi connectivity index (χ0n) is 10.3. The number of benzene rings is 1. The number of phenolic OH excluding ortho intramolecular Hbond substituents is 1. The number of aromatic hydroxyl groups is 1. The van der Waals surface area contributed by atoms with Crippen molar-refractivity contribution in [1.29, 1.82) is 0 Å². The van der Waals surface area contributed by atoms with Gasteiger partial charge in [0.15, 0.2) is 0 Å². The normalized spacial score (nSPS) is 11.1. The van der Waals surface area contributed by atoms with E-state index >= 15 is 0 Å². The number of nitrogens with zero attached hydrogens (tertiary/aromatic N) is 2. The molecule has 0 fully saturated rings. The molecule has 0 amide bonds. The second-order valence-electron chi connectivity index (χ2n) is 4.48. The van der Waals surface area contributed by atoms with Crippen LogP contribution in [0.4, 0.5) is 5.82 Å². The number of hydrogen-bond donors (Lipinski definition) is 2. The summed E-state index contributed by atoms with van der Waals surface area (Å²) in [5.41, 5.74) is 8.09. The summed E-state index contributed by atoms with van der Waals surface area (Å²) in [7, 11) is 1.78. The molecule has 2 rings (SSSR count). The van der Waals surface area contributed by atoms with Crippen molar-refractivity contribution in [2.75, 3.05) is 5.73 Å². The van der Waals surface area contributed by atoms with Gasteiger partial charge in [0.2, 0.25) is 0 Å². The molecule has 0 atom stereocenters. The fourth-order valence-corrected chi connectivity index (χ4v) is 1.85. The highest BCUT2D eigenvalue weighted by Gasteiger charge is 2.14. The number of aryl methyl sites for hydroxylation is 1. The Hall–Kier alpha value is -1.97. The molecular weight excluding hydrogens is 214 g/mol. The number of nitrogens with two attached hydrogens (primary N) is 1. The number of nitrogen functional groups attached to an aromatic ring is 1. The van der Waals surface area contributed by atoms with Gasteiger partial charge in [-0.15, -0.1) is 0 Å². The van der Waals surface area contributed by atoms with E-state index in [0.29, 0.717) is 17.3 Å². The molecule has 4 heteroatoms. The van der Waals surface area contributed by atoms with Crippen LogP contribution in [0.2, 0.25) is 0 Å². The van der Waals surface area contributed by atoms with Gasteiger partial charge in [-0.3, -0.25) is 4.68 Å². The van der Waals surface area contributed by atoms with Gasteiger partial charge in [-0.05, 0) is 17.5 Å². The van der Waals surface area contributed by atoms with E-state index in [1.54, 1.807) is 17.8 Å². The Labute approximate surface area is 101 Å². The second-order valence-corrected chi connectivity index (χ2v) is 4.48. The lowest BCUT2D eigenvalue weighted by Crippen LogP contribution is -1.96. The number of hydrogen-bond acceptors (Lipinski definition) is 3. The van der Waals surface area contributed by atoms with Gasteiger partial charge in [0.25, 0.3) is 0 Å². The maximum absolute atomic E-state index is 10.2. The second kappa shape index (κ2) is 4.13. The molecular formula is C13H17N3O. The first-order valence-corrected chi connectivity index (χ1v) is 5.62. The van der Waals surface area contributed by atoms with E-state index in [4.69, 9.17) is 5.73 Å². The SMILES string of the molecule is CC(C)c1cccc(-c2cc(N)n(C)n2)c1O. The maximum Gasteiger partial charge on any atom is 0.128 e. The summed E-state index contributed by atoms with van der Waals surface area (Å²) < 4.78 is 1.59. The first-order chi connectivity index (χ1) is 8.00. The minimum Gasteiger partial charge on any atom is -0.507 e. The smallest absolute Gasteiger partial charge is 0.128 e. The van der Waals surface area contributed by atoms with Gasteiger partial charge in [-0.2, -0.15) is 5.10 Å². The number of rotatable bonds is 2. The Morgan fingerprint density at radius 2 is 2.06 bits per heavy atom. The van der Waals surface area contributed by atoms with Crippen LogP contribution in [-0.2, 0) is 7.05 Å². The molecule has 1 heterocycles. The van der Waals surface area contributed by atoms with Crippen molar-refractivity contribution in [1.82, 2.24) is 9.78 Å². The number of para-hydroxylation sites is 1. The highest BCUT2D eigenvalue weighted by Crippen LogP contribution is 2.35. The Balaban J connectivity index is 2.56. The highest BCUT2D eigenvalue weighted by molar-refractivity contribution is 5.70. The molecule has 0 aliphatic carbocycles. The lowest BCUT2D eigenvalue weighted by molar-refractivity contribution is 0.466. The Bertz CT molecular complexity index is 524. The average Bonchev–Trinajstić information content (AvgIpc) is 2.59. The van der Waals surface area contributed by atoms with E-state index in [1.807, 2.05) is 32.0 Å². The average molecular weight is 231 g/mol. The van der Waals surface area contributed by atoms with E-state index in [0.717, 1.165) is 11.1 Å². The summed E-state index contributed by atoms with van der Waals surface area (Å²) in [6.07, 6.45) is 0. The zero-order chi connectivity index (χ0) is 12.6. The number of phenols is 1. The molecule has 0 saturated carbocycles. The summed E-state index contributed by atoms with van der Waals surface area (Å²) in [5.74, 6) is 1.14. The van der Waals surface area contributed by atoms with E-state index in [1.165, 1.54) is 0 Å². The first-order valence-electron chi connectivity index (χ1n) is 5.62. The third-order valence-electron chi connectivity index (χ3n) is 2.88. The van der Waals surface area contributed by atoms with Crippen LogP contribution in [0.15, 0.2) is 24.3 Å². The lowest BCUT2D eigenvalue weighted by Gasteiger charge is -2.10. The molecule has 90 valence electrons. The summed E-state index contributed by atoms with van der Waals surface area (Å²) in [6.45, 7) is 4.09. The Morgan fingerprint density at radius 3 is 2.59 bits per heavy atom. The molecule has 17 heavy (non-hydrogen) atoms. The van der Waals surface area contributed by atoms with Gasteiger partial charge in [0, 0.05) is 18.7 Å². The van der Waals surface area contributed by atoms with Crippen LogP contribution in [0, 0.1) is 0 Å². The van der Waals surface area contributed by atoms with E-state index in [9.17, 15) is 5.11 Å². The van der Waals surface area contributed by atoms with E-state index < -0.39 is 0 Å². The molecule has 2 aromatic rings. The summed E-state index contributed by atoms with van der Waals surface area (Å²) in [4.78, 5) is 0. The summed E-state index contributed by atoms with van der Waals surface area (Å²) >= 11 is 0. The van der Waals surface area contributed by atoms with Crippen LogP contribution >= 0.6 is 0 Å². The van der Waals surface area contributed by atoms with Gasteiger partial charge < -0.3 is 10.8 Å². The molecule has 1 aromatic carbocycles. The third kappa shape index (κ3) is 1.98. The first kappa shape index (κ1) is 11.5. The number of aromatic nitrogens is 2. The highest BCUT2D eigenvalue weighted by atomic mass is 16.3. The molecule has 0 saturated heterocycles. The van der Waals surface area contributed by atoms with Crippen LogP contribution in [0.25, 0.3) is 11.3 Å². The van der Waals surface area contributed by atoms with Crippen molar-refractivity contribution in [3.8, 4) is 17.0 Å².